The highest BCUT2D eigenvalue weighted by molar-refractivity contribution is 7.90. The summed E-state index contributed by atoms with van der Waals surface area (Å²) < 4.78 is 27.0. The van der Waals surface area contributed by atoms with Crippen molar-refractivity contribution >= 4 is 21.7 Å². The molecule has 0 aliphatic heterocycles. The first-order valence-corrected chi connectivity index (χ1v) is 7.13. The lowest BCUT2D eigenvalue weighted by molar-refractivity contribution is 0.0693. The Hall–Kier alpha value is -2.74. The van der Waals surface area contributed by atoms with E-state index in [0.29, 0.717) is 0 Å². The number of sulfonamides is 1. The van der Waals surface area contributed by atoms with Crippen LogP contribution in [0.3, 0.4) is 0 Å². The number of carboxylic acid groups (broad SMARTS) is 1. The molecule has 21 heavy (non-hydrogen) atoms. The van der Waals surface area contributed by atoms with Crippen LogP contribution in [0.1, 0.15) is 10.4 Å². The van der Waals surface area contributed by atoms with Gasteiger partial charge in [-0.25, -0.2) is 4.79 Å². The first-order chi connectivity index (χ1) is 9.90. The molecule has 0 fully saturated rings. The number of aromatic hydroxyl groups is 1. The number of hydrogen-bond donors (Lipinski definition) is 2. The SMILES string of the molecule is O=C(O)c1cc(N=NS(=O)(=O)c2ccccc2)ccc1O. The van der Waals surface area contributed by atoms with Crippen molar-refractivity contribution in [3.05, 3.63) is 54.1 Å². The second-order valence-corrected chi connectivity index (χ2v) is 5.56. The molecule has 0 atom stereocenters. The van der Waals surface area contributed by atoms with Gasteiger partial charge < -0.3 is 10.2 Å². The summed E-state index contributed by atoms with van der Waals surface area (Å²) in [5, 5.41) is 21.7. The minimum absolute atomic E-state index is 0.00436. The molecule has 0 aromatic heterocycles. The van der Waals surface area contributed by atoms with Crippen LogP contribution < -0.4 is 0 Å². The third-order valence-corrected chi connectivity index (χ3v) is 3.68. The molecule has 0 aliphatic carbocycles. The standard InChI is InChI=1S/C13H10N2O5S/c16-12-7-6-9(8-11(12)13(17)18)14-15-21(19,20)10-4-2-1-3-5-10/h1-8,16H,(H,17,18). The quantitative estimate of drug-likeness (QED) is 0.842. The second-order valence-electron chi connectivity index (χ2n) is 3.98. The van der Waals surface area contributed by atoms with Gasteiger partial charge in [0.2, 0.25) is 0 Å². The van der Waals surface area contributed by atoms with Crippen LogP contribution in [0.15, 0.2) is 63.1 Å². The summed E-state index contributed by atoms with van der Waals surface area (Å²) in [6.45, 7) is 0. The molecule has 0 saturated heterocycles. The summed E-state index contributed by atoms with van der Waals surface area (Å²) in [5.74, 6) is -1.79. The molecular formula is C13H10N2O5S. The molecule has 7 nitrogen and oxygen atoms in total. The van der Waals surface area contributed by atoms with E-state index in [1.807, 2.05) is 0 Å². The largest absolute Gasteiger partial charge is 0.507 e. The zero-order valence-corrected chi connectivity index (χ0v) is 11.4. The Labute approximate surface area is 120 Å². The predicted molar refractivity (Wildman–Crippen MR) is 73.2 cm³/mol. The van der Waals surface area contributed by atoms with Crippen molar-refractivity contribution in [1.82, 2.24) is 0 Å². The molecule has 0 unspecified atom stereocenters. The van der Waals surface area contributed by atoms with Crippen molar-refractivity contribution in [1.29, 1.82) is 0 Å². The number of carboxylic acids is 1. The Bertz CT molecular complexity index is 801. The predicted octanol–water partition coefficient (Wildman–Crippen LogP) is 2.56. The van der Waals surface area contributed by atoms with E-state index < -0.39 is 21.7 Å². The molecule has 2 rings (SSSR count). The molecule has 8 heteroatoms. The lowest BCUT2D eigenvalue weighted by atomic mass is 10.2. The topological polar surface area (TPSA) is 116 Å². The lowest BCUT2D eigenvalue weighted by Crippen LogP contribution is -1.96. The third-order valence-electron chi connectivity index (χ3n) is 2.52. The summed E-state index contributed by atoms with van der Waals surface area (Å²) in [7, 11) is -3.95. The van der Waals surface area contributed by atoms with E-state index in [-0.39, 0.29) is 16.1 Å². The molecule has 0 radical (unpaired) electrons. The van der Waals surface area contributed by atoms with Crippen molar-refractivity contribution in [3.8, 4) is 5.75 Å². The number of benzene rings is 2. The minimum atomic E-state index is -3.95. The van der Waals surface area contributed by atoms with E-state index in [4.69, 9.17) is 5.11 Å². The maximum Gasteiger partial charge on any atom is 0.339 e. The van der Waals surface area contributed by atoms with E-state index in [0.717, 1.165) is 12.1 Å². The van der Waals surface area contributed by atoms with Crippen molar-refractivity contribution in [3.63, 3.8) is 0 Å². The van der Waals surface area contributed by atoms with Gasteiger partial charge in [-0.15, -0.1) is 5.11 Å². The number of aromatic carboxylic acids is 1. The highest BCUT2D eigenvalue weighted by Crippen LogP contribution is 2.24. The maximum absolute atomic E-state index is 11.9. The highest BCUT2D eigenvalue weighted by Gasteiger charge is 2.13. The van der Waals surface area contributed by atoms with Crippen molar-refractivity contribution < 1.29 is 23.4 Å². The minimum Gasteiger partial charge on any atom is -0.507 e. The summed E-state index contributed by atoms with van der Waals surface area (Å²) in [5.41, 5.74) is -0.381. The van der Waals surface area contributed by atoms with Gasteiger partial charge in [-0.2, -0.15) is 8.42 Å². The molecule has 0 aliphatic rings. The van der Waals surface area contributed by atoms with Crippen LogP contribution in [0.25, 0.3) is 0 Å². The van der Waals surface area contributed by atoms with Gasteiger partial charge in [-0.1, -0.05) is 22.7 Å². The van der Waals surface area contributed by atoms with Gasteiger partial charge in [-0.05, 0) is 30.3 Å². The van der Waals surface area contributed by atoms with Gasteiger partial charge in [0.05, 0.1) is 10.6 Å². The van der Waals surface area contributed by atoms with Crippen LogP contribution in [-0.4, -0.2) is 24.6 Å². The van der Waals surface area contributed by atoms with E-state index in [1.54, 1.807) is 18.2 Å². The van der Waals surface area contributed by atoms with Crippen molar-refractivity contribution in [2.24, 2.45) is 9.63 Å². The number of rotatable bonds is 4. The third kappa shape index (κ3) is 3.42. The van der Waals surface area contributed by atoms with Gasteiger partial charge in [0.1, 0.15) is 11.3 Å². The fourth-order valence-corrected chi connectivity index (χ4v) is 2.30. The summed E-state index contributed by atoms with van der Waals surface area (Å²) >= 11 is 0. The molecular weight excluding hydrogens is 296 g/mol. The highest BCUT2D eigenvalue weighted by atomic mass is 32.2. The Morgan fingerprint density at radius 3 is 2.33 bits per heavy atom. The van der Waals surface area contributed by atoms with Gasteiger partial charge in [-0.3, -0.25) is 0 Å². The Balaban J connectivity index is 2.34. The zero-order valence-electron chi connectivity index (χ0n) is 10.5. The maximum atomic E-state index is 11.9. The average molecular weight is 306 g/mol. The van der Waals surface area contributed by atoms with Gasteiger partial charge >= 0.3 is 5.97 Å². The monoisotopic (exact) mass is 306 g/mol. The fourth-order valence-electron chi connectivity index (χ4n) is 1.50. The van der Waals surface area contributed by atoms with E-state index >= 15 is 0 Å². The number of phenols is 1. The lowest BCUT2D eigenvalue weighted by Gasteiger charge is -2.00. The molecule has 0 bridgehead atoms. The fraction of sp³-hybridized carbons (Fsp3) is 0. The number of hydrogen-bond acceptors (Lipinski definition) is 5. The van der Waals surface area contributed by atoms with Gasteiger partial charge in [0.15, 0.2) is 0 Å². The van der Waals surface area contributed by atoms with E-state index in [9.17, 15) is 18.3 Å². The molecule has 0 amide bonds. The molecule has 2 aromatic rings. The smallest absolute Gasteiger partial charge is 0.339 e. The first-order valence-electron chi connectivity index (χ1n) is 5.69. The normalized spacial score (nSPS) is 11.6. The van der Waals surface area contributed by atoms with Crippen LogP contribution in [0.5, 0.6) is 5.75 Å². The molecule has 2 aromatic carbocycles. The Morgan fingerprint density at radius 2 is 1.71 bits per heavy atom. The van der Waals surface area contributed by atoms with E-state index in [1.165, 1.54) is 18.2 Å². The Morgan fingerprint density at radius 1 is 1.05 bits per heavy atom. The van der Waals surface area contributed by atoms with Crippen LogP contribution in [0.4, 0.5) is 5.69 Å². The second kappa shape index (κ2) is 5.71. The number of nitrogens with zero attached hydrogens (tertiary/aromatic N) is 2. The Kier molecular flexibility index (Phi) is 3.99. The average Bonchev–Trinajstić information content (AvgIpc) is 2.47. The molecule has 108 valence electrons. The summed E-state index contributed by atoms with van der Waals surface area (Å²) in [4.78, 5) is 10.8. The van der Waals surface area contributed by atoms with Crippen LogP contribution in [0, 0.1) is 0 Å². The molecule has 0 heterocycles. The molecule has 2 N–H and O–H groups in total. The van der Waals surface area contributed by atoms with Crippen molar-refractivity contribution in [2.45, 2.75) is 4.90 Å². The van der Waals surface area contributed by atoms with Crippen LogP contribution in [-0.2, 0) is 10.0 Å². The zero-order chi connectivity index (χ0) is 15.5. The van der Waals surface area contributed by atoms with Crippen molar-refractivity contribution in [2.75, 3.05) is 0 Å². The number of carbonyl (C=O) groups is 1. The first kappa shape index (κ1) is 14.7. The van der Waals surface area contributed by atoms with E-state index in [2.05, 4.69) is 9.63 Å². The van der Waals surface area contributed by atoms with Gasteiger partial charge in [0.25, 0.3) is 10.0 Å². The molecule has 0 spiro atoms. The summed E-state index contributed by atoms with van der Waals surface area (Å²) in [6.07, 6.45) is 0. The van der Waals surface area contributed by atoms with Crippen LogP contribution >= 0.6 is 0 Å². The molecule has 0 saturated carbocycles. The van der Waals surface area contributed by atoms with Crippen LogP contribution in [0.2, 0.25) is 0 Å². The summed E-state index contributed by atoms with van der Waals surface area (Å²) in [6, 6.07) is 10.9. The van der Waals surface area contributed by atoms with Gasteiger partial charge in [0, 0.05) is 0 Å².